The SMILES string of the molecule is Cc1ccccc1CCN1CCC[C@H](CN(C)Cc2nccs2)C1. The van der Waals surface area contributed by atoms with Crippen LogP contribution < -0.4 is 0 Å². The molecule has 1 saturated heterocycles. The molecule has 1 atom stereocenters. The lowest BCUT2D eigenvalue weighted by Crippen LogP contribution is -2.40. The fourth-order valence-corrected chi connectivity index (χ4v) is 4.44. The molecule has 0 bridgehead atoms. The summed E-state index contributed by atoms with van der Waals surface area (Å²) in [6, 6.07) is 8.80. The molecule has 2 aromatic rings. The van der Waals surface area contributed by atoms with E-state index in [0.29, 0.717) is 0 Å². The molecular weight excluding hydrogens is 314 g/mol. The largest absolute Gasteiger partial charge is 0.303 e. The van der Waals surface area contributed by atoms with E-state index >= 15 is 0 Å². The molecule has 1 aliphatic rings. The first-order valence-electron chi connectivity index (χ1n) is 9.04. The van der Waals surface area contributed by atoms with Gasteiger partial charge in [-0.2, -0.15) is 0 Å². The van der Waals surface area contributed by atoms with Gasteiger partial charge in [-0.3, -0.25) is 4.90 Å². The highest BCUT2D eigenvalue weighted by Gasteiger charge is 2.21. The Labute approximate surface area is 150 Å². The molecule has 0 N–H and O–H groups in total. The monoisotopic (exact) mass is 343 g/mol. The Hall–Kier alpha value is -1.23. The van der Waals surface area contributed by atoms with Crippen LogP contribution in [0, 0.1) is 12.8 Å². The number of hydrogen-bond donors (Lipinski definition) is 0. The fraction of sp³-hybridized carbons (Fsp3) is 0.550. The molecule has 3 nitrogen and oxygen atoms in total. The minimum atomic E-state index is 0.792. The van der Waals surface area contributed by atoms with Gasteiger partial charge < -0.3 is 4.90 Å². The van der Waals surface area contributed by atoms with Gasteiger partial charge in [0, 0.05) is 31.2 Å². The molecule has 1 aromatic carbocycles. The van der Waals surface area contributed by atoms with Crippen LogP contribution in [-0.4, -0.2) is 48.0 Å². The molecule has 24 heavy (non-hydrogen) atoms. The normalized spacial score (nSPS) is 19.0. The summed E-state index contributed by atoms with van der Waals surface area (Å²) in [7, 11) is 2.23. The molecule has 130 valence electrons. The van der Waals surface area contributed by atoms with E-state index < -0.39 is 0 Å². The van der Waals surface area contributed by atoms with Gasteiger partial charge in [0.05, 0.1) is 6.54 Å². The van der Waals surface area contributed by atoms with Crippen LogP contribution >= 0.6 is 11.3 Å². The van der Waals surface area contributed by atoms with Gasteiger partial charge in [-0.15, -0.1) is 11.3 Å². The van der Waals surface area contributed by atoms with Crippen LogP contribution in [0.5, 0.6) is 0 Å². The van der Waals surface area contributed by atoms with Crippen molar-refractivity contribution >= 4 is 11.3 Å². The van der Waals surface area contributed by atoms with Gasteiger partial charge in [-0.05, 0) is 56.8 Å². The molecule has 0 aliphatic carbocycles. The Morgan fingerprint density at radius 1 is 1.33 bits per heavy atom. The molecule has 0 saturated carbocycles. The lowest BCUT2D eigenvalue weighted by molar-refractivity contribution is 0.142. The number of rotatable bonds is 7. The number of benzene rings is 1. The van der Waals surface area contributed by atoms with E-state index in [-0.39, 0.29) is 0 Å². The molecule has 0 spiro atoms. The summed E-state index contributed by atoms with van der Waals surface area (Å²) >= 11 is 1.76. The lowest BCUT2D eigenvalue weighted by Gasteiger charge is -2.34. The van der Waals surface area contributed by atoms with Crippen molar-refractivity contribution in [2.75, 3.05) is 33.2 Å². The van der Waals surface area contributed by atoms with E-state index in [1.807, 2.05) is 6.20 Å². The third-order valence-electron chi connectivity index (χ3n) is 5.02. The van der Waals surface area contributed by atoms with Gasteiger partial charge in [0.1, 0.15) is 5.01 Å². The van der Waals surface area contributed by atoms with Crippen LogP contribution in [0.3, 0.4) is 0 Å². The molecule has 0 radical (unpaired) electrons. The molecule has 0 unspecified atom stereocenters. The van der Waals surface area contributed by atoms with Crippen molar-refractivity contribution < 1.29 is 0 Å². The highest BCUT2D eigenvalue weighted by Crippen LogP contribution is 2.19. The molecule has 1 aromatic heterocycles. The molecule has 2 heterocycles. The minimum absolute atomic E-state index is 0.792. The van der Waals surface area contributed by atoms with E-state index in [4.69, 9.17) is 0 Å². The molecule has 3 rings (SSSR count). The van der Waals surface area contributed by atoms with E-state index in [1.165, 1.54) is 61.6 Å². The van der Waals surface area contributed by atoms with E-state index in [9.17, 15) is 0 Å². The topological polar surface area (TPSA) is 19.4 Å². The van der Waals surface area contributed by atoms with Gasteiger partial charge in [0.15, 0.2) is 0 Å². The maximum atomic E-state index is 4.40. The Kier molecular flexibility index (Phi) is 6.41. The van der Waals surface area contributed by atoms with E-state index in [2.05, 4.69) is 58.4 Å². The summed E-state index contributed by atoms with van der Waals surface area (Å²) in [6.07, 6.45) is 5.78. The van der Waals surface area contributed by atoms with E-state index in [1.54, 1.807) is 11.3 Å². The zero-order valence-electron chi connectivity index (χ0n) is 14.9. The zero-order valence-corrected chi connectivity index (χ0v) is 15.8. The van der Waals surface area contributed by atoms with Crippen molar-refractivity contribution in [3.05, 3.63) is 52.0 Å². The number of hydrogen-bond acceptors (Lipinski definition) is 4. The second-order valence-electron chi connectivity index (χ2n) is 7.11. The summed E-state index contributed by atoms with van der Waals surface area (Å²) in [5.41, 5.74) is 2.93. The van der Waals surface area contributed by atoms with Gasteiger partial charge in [-0.25, -0.2) is 4.98 Å². The predicted molar refractivity (Wildman–Crippen MR) is 102 cm³/mol. The number of aryl methyl sites for hydroxylation is 1. The van der Waals surface area contributed by atoms with Gasteiger partial charge in [0.2, 0.25) is 0 Å². The first-order chi connectivity index (χ1) is 11.7. The summed E-state index contributed by atoms with van der Waals surface area (Å²) in [6.45, 7) is 8.09. The lowest BCUT2D eigenvalue weighted by atomic mass is 9.96. The van der Waals surface area contributed by atoms with Crippen LogP contribution in [0.2, 0.25) is 0 Å². The minimum Gasteiger partial charge on any atom is -0.303 e. The Balaban J connectivity index is 1.45. The van der Waals surface area contributed by atoms with Crippen molar-refractivity contribution in [1.82, 2.24) is 14.8 Å². The Morgan fingerprint density at radius 2 is 2.21 bits per heavy atom. The van der Waals surface area contributed by atoms with Crippen LogP contribution in [-0.2, 0) is 13.0 Å². The first kappa shape index (κ1) is 17.6. The van der Waals surface area contributed by atoms with Gasteiger partial charge in [0.25, 0.3) is 0 Å². The number of thiazole rings is 1. The number of piperidine rings is 1. The number of aromatic nitrogens is 1. The third kappa shape index (κ3) is 5.13. The quantitative estimate of drug-likeness (QED) is 0.761. The average Bonchev–Trinajstić information content (AvgIpc) is 3.07. The zero-order chi connectivity index (χ0) is 16.8. The highest BCUT2D eigenvalue weighted by molar-refractivity contribution is 7.09. The summed E-state index contributed by atoms with van der Waals surface area (Å²) < 4.78 is 0. The number of nitrogens with zero attached hydrogens (tertiary/aromatic N) is 3. The molecule has 1 fully saturated rings. The Bertz CT molecular complexity index is 611. The van der Waals surface area contributed by atoms with Crippen molar-refractivity contribution in [2.45, 2.75) is 32.7 Å². The smallest absolute Gasteiger partial charge is 0.107 e. The van der Waals surface area contributed by atoms with Crippen molar-refractivity contribution in [1.29, 1.82) is 0 Å². The second-order valence-corrected chi connectivity index (χ2v) is 8.09. The highest BCUT2D eigenvalue weighted by atomic mass is 32.1. The molecule has 1 aliphatic heterocycles. The second kappa shape index (κ2) is 8.75. The Morgan fingerprint density at radius 3 is 3.00 bits per heavy atom. The van der Waals surface area contributed by atoms with Gasteiger partial charge in [-0.1, -0.05) is 24.3 Å². The van der Waals surface area contributed by atoms with Crippen molar-refractivity contribution in [2.24, 2.45) is 5.92 Å². The summed E-state index contributed by atoms with van der Waals surface area (Å²) in [5, 5.41) is 3.29. The van der Waals surface area contributed by atoms with Crippen LogP contribution in [0.1, 0.15) is 29.0 Å². The molecule has 4 heteroatoms. The summed E-state index contributed by atoms with van der Waals surface area (Å²) in [5.74, 6) is 0.792. The predicted octanol–water partition coefficient (Wildman–Crippen LogP) is 3.84. The average molecular weight is 344 g/mol. The fourth-order valence-electron chi connectivity index (χ4n) is 3.74. The maximum absolute atomic E-state index is 4.40. The van der Waals surface area contributed by atoms with Crippen LogP contribution in [0.15, 0.2) is 35.8 Å². The standard InChI is InChI=1S/C20H29N3S/c1-17-6-3-4-8-19(17)9-12-23-11-5-7-18(15-23)14-22(2)16-20-21-10-13-24-20/h3-4,6,8,10,13,18H,5,7,9,11-12,14-16H2,1-2H3/t18-/m1/s1. The third-order valence-corrected chi connectivity index (χ3v) is 5.78. The van der Waals surface area contributed by atoms with Gasteiger partial charge >= 0.3 is 0 Å². The van der Waals surface area contributed by atoms with Crippen molar-refractivity contribution in [3.63, 3.8) is 0 Å². The van der Waals surface area contributed by atoms with Crippen molar-refractivity contribution in [3.8, 4) is 0 Å². The van der Waals surface area contributed by atoms with Crippen LogP contribution in [0.4, 0.5) is 0 Å². The molecule has 0 amide bonds. The van der Waals surface area contributed by atoms with Crippen LogP contribution in [0.25, 0.3) is 0 Å². The summed E-state index contributed by atoms with van der Waals surface area (Å²) in [4.78, 5) is 9.51. The maximum Gasteiger partial charge on any atom is 0.107 e. The first-order valence-corrected chi connectivity index (χ1v) is 9.92. The molecular formula is C20H29N3S. The number of likely N-dealkylation sites (tertiary alicyclic amines) is 1. The van der Waals surface area contributed by atoms with E-state index in [0.717, 1.165) is 12.5 Å².